The number of urea groups is 1. The molecule has 0 aliphatic carbocycles. The molecule has 1 fully saturated rings. The average Bonchev–Trinajstić information content (AvgIpc) is 2.88. The summed E-state index contributed by atoms with van der Waals surface area (Å²) in [5.41, 5.74) is 1.22. The van der Waals surface area contributed by atoms with E-state index in [2.05, 4.69) is 26.1 Å². The van der Waals surface area contributed by atoms with E-state index in [9.17, 15) is 14.7 Å². The highest BCUT2D eigenvalue weighted by atomic mass is 16.4. The van der Waals surface area contributed by atoms with Crippen molar-refractivity contribution in [1.82, 2.24) is 10.2 Å². The van der Waals surface area contributed by atoms with Gasteiger partial charge in [-0.3, -0.25) is 4.79 Å². The van der Waals surface area contributed by atoms with E-state index in [-0.39, 0.29) is 24.0 Å². The molecule has 0 radical (unpaired) electrons. The van der Waals surface area contributed by atoms with E-state index in [1.165, 1.54) is 0 Å². The van der Waals surface area contributed by atoms with Crippen LogP contribution in [0.15, 0.2) is 24.3 Å². The molecule has 1 heterocycles. The van der Waals surface area contributed by atoms with Crippen LogP contribution in [0.2, 0.25) is 0 Å². The van der Waals surface area contributed by atoms with Gasteiger partial charge in [0, 0.05) is 13.1 Å². The number of carboxylic acids is 1. The highest BCUT2D eigenvalue weighted by Crippen LogP contribution is 2.35. The van der Waals surface area contributed by atoms with Gasteiger partial charge in [-0.25, -0.2) is 4.79 Å². The van der Waals surface area contributed by atoms with Crippen molar-refractivity contribution >= 4 is 12.0 Å². The number of aliphatic carboxylic acids is 1. The number of carboxylic acid groups (broad SMARTS) is 1. The number of likely N-dealkylation sites (tertiary alicyclic amines) is 1. The van der Waals surface area contributed by atoms with E-state index in [0.717, 1.165) is 11.1 Å². The SMILES string of the molecule is Cc1ccccc1C(NC(=O)N1CCC(C)(C(=O)O)C1)C(C)(C)C. The Hall–Kier alpha value is -2.04. The normalized spacial score (nSPS) is 22.3. The maximum Gasteiger partial charge on any atom is 0.317 e. The van der Waals surface area contributed by atoms with Crippen LogP contribution in [0.5, 0.6) is 0 Å². The van der Waals surface area contributed by atoms with Crippen LogP contribution in [0, 0.1) is 17.8 Å². The van der Waals surface area contributed by atoms with Crippen LogP contribution in [0.1, 0.15) is 51.3 Å². The molecule has 5 nitrogen and oxygen atoms in total. The van der Waals surface area contributed by atoms with Crippen molar-refractivity contribution in [2.45, 2.75) is 47.1 Å². The number of nitrogens with one attached hydrogen (secondary N) is 1. The Labute approximate surface area is 144 Å². The third kappa shape index (κ3) is 3.71. The van der Waals surface area contributed by atoms with Gasteiger partial charge in [0.05, 0.1) is 11.5 Å². The number of rotatable bonds is 3. The van der Waals surface area contributed by atoms with Gasteiger partial charge in [0.1, 0.15) is 0 Å². The summed E-state index contributed by atoms with van der Waals surface area (Å²) in [6.45, 7) is 10.7. The van der Waals surface area contributed by atoms with Crippen LogP contribution in [-0.2, 0) is 4.79 Å². The number of carbonyl (C=O) groups is 2. The van der Waals surface area contributed by atoms with E-state index in [1.54, 1.807) is 11.8 Å². The van der Waals surface area contributed by atoms with Crippen molar-refractivity contribution in [3.8, 4) is 0 Å². The van der Waals surface area contributed by atoms with Gasteiger partial charge in [-0.2, -0.15) is 0 Å². The second-order valence-corrected chi connectivity index (χ2v) is 8.14. The maximum atomic E-state index is 12.7. The minimum Gasteiger partial charge on any atom is -0.481 e. The number of hydrogen-bond acceptors (Lipinski definition) is 2. The molecule has 2 amide bonds. The summed E-state index contributed by atoms with van der Waals surface area (Å²) in [6.07, 6.45) is 0.486. The lowest BCUT2D eigenvalue weighted by Crippen LogP contribution is -2.45. The molecule has 5 heteroatoms. The standard InChI is InChI=1S/C19H28N2O3/c1-13-8-6-7-9-14(13)15(18(2,3)4)20-17(24)21-11-10-19(5,12-21)16(22)23/h6-9,15H,10-12H2,1-5H3,(H,20,24)(H,22,23). The zero-order valence-electron chi connectivity index (χ0n) is 15.2. The summed E-state index contributed by atoms with van der Waals surface area (Å²) in [4.78, 5) is 25.7. The van der Waals surface area contributed by atoms with E-state index < -0.39 is 11.4 Å². The van der Waals surface area contributed by atoms with Gasteiger partial charge in [-0.15, -0.1) is 0 Å². The van der Waals surface area contributed by atoms with E-state index in [0.29, 0.717) is 13.0 Å². The summed E-state index contributed by atoms with van der Waals surface area (Å²) >= 11 is 0. The molecule has 132 valence electrons. The molecular formula is C19H28N2O3. The second kappa shape index (κ2) is 6.46. The molecule has 1 aromatic carbocycles. The van der Waals surface area contributed by atoms with Gasteiger partial charge in [-0.05, 0) is 36.8 Å². The van der Waals surface area contributed by atoms with Gasteiger partial charge in [0.25, 0.3) is 0 Å². The molecule has 24 heavy (non-hydrogen) atoms. The highest BCUT2D eigenvalue weighted by Gasteiger charge is 2.43. The Morgan fingerprint density at radius 2 is 1.92 bits per heavy atom. The van der Waals surface area contributed by atoms with Crippen LogP contribution in [-0.4, -0.2) is 35.1 Å². The second-order valence-electron chi connectivity index (χ2n) is 8.14. The Kier molecular flexibility index (Phi) is 4.92. The van der Waals surface area contributed by atoms with Crippen molar-refractivity contribution in [3.63, 3.8) is 0 Å². The van der Waals surface area contributed by atoms with E-state index in [1.807, 2.05) is 31.2 Å². The third-order valence-electron chi connectivity index (χ3n) is 4.91. The lowest BCUT2D eigenvalue weighted by molar-refractivity contribution is -0.147. The summed E-state index contributed by atoms with van der Waals surface area (Å²) in [6, 6.07) is 7.71. The van der Waals surface area contributed by atoms with Gasteiger partial charge in [0.2, 0.25) is 0 Å². The molecule has 2 N–H and O–H groups in total. The minimum atomic E-state index is -0.850. The first kappa shape index (κ1) is 18.3. The Bertz CT molecular complexity index is 636. The number of hydrogen-bond donors (Lipinski definition) is 2. The number of aryl methyl sites for hydroxylation is 1. The molecule has 0 bridgehead atoms. The van der Waals surface area contributed by atoms with Gasteiger partial charge in [0.15, 0.2) is 0 Å². The predicted octanol–water partition coefficient (Wildman–Crippen LogP) is 3.59. The molecule has 2 rings (SSSR count). The fourth-order valence-electron chi connectivity index (χ4n) is 3.20. The molecular weight excluding hydrogens is 304 g/mol. The average molecular weight is 332 g/mol. The lowest BCUT2D eigenvalue weighted by atomic mass is 9.81. The van der Waals surface area contributed by atoms with Crippen molar-refractivity contribution in [2.75, 3.05) is 13.1 Å². The van der Waals surface area contributed by atoms with Gasteiger partial charge < -0.3 is 15.3 Å². The summed E-state index contributed by atoms with van der Waals surface area (Å²) < 4.78 is 0. The Morgan fingerprint density at radius 3 is 2.42 bits per heavy atom. The first-order valence-electron chi connectivity index (χ1n) is 8.39. The molecule has 1 aromatic rings. The van der Waals surface area contributed by atoms with Crippen molar-refractivity contribution in [1.29, 1.82) is 0 Å². The molecule has 1 aliphatic rings. The largest absolute Gasteiger partial charge is 0.481 e. The lowest BCUT2D eigenvalue weighted by Gasteiger charge is -2.34. The summed E-state index contributed by atoms with van der Waals surface area (Å²) in [5.74, 6) is -0.843. The zero-order valence-corrected chi connectivity index (χ0v) is 15.2. The van der Waals surface area contributed by atoms with Crippen molar-refractivity contribution in [2.24, 2.45) is 10.8 Å². The Balaban J connectivity index is 2.18. The molecule has 0 saturated carbocycles. The van der Waals surface area contributed by atoms with Crippen LogP contribution in [0.4, 0.5) is 4.79 Å². The smallest absolute Gasteiger partial charge is 0.317 e. The molecule has 0 spiro atoms. The fraction of sp³-hybridized carbons (Fsp3) is 0.579. The number of carbonyl (C=O) groups excluding carboxylic acids is 1. The van der Waals surface area contributed by atoms with Gasteiger partial charge in [-0.1, -0.05) is 45.0 Å². The maximum absolute atomic E-state index is 12.7. The topological polar surface area (TPSA) is 69.6 Å². The fourth-order valence-corrected chi connectivity index (χ4v) is 3.20. The molecule has 0 aromatic heterocycles. The van der Waals surface area contributed by atoms with Crippen LogP contribution in [0.3, 0.4) is 0 Å². The van der Waals surface area contributed by atoms with Crippen molar-refractivity contribution in [3.05, 3.63) is 35.4 Å². The predicted molar refractivity (Wildman–Crippen MR) is 93.8 cm³/mol. The van der Waals surface area contributed by atoms with Gasteiger partial charge >= 0.3 is 12.0 Å². The first-order chi connectivity index (χ1) is 11.0. The highest BCUT2D eigenvalue weighted by molar-refractivity contribution is 5.79. The van der Waals surface area contributed by atoms with Crippen LogP contribution >= 0.6 is 0 Å². The van der Waals surface area contributed by atoms with E-state index in [4.69, 9.17) is 0 Å². The first-order valence-corrected chi connectivity index (χ1v) is 8.39. The van der Waals surface area contributed by atoms with Crippen LogP contribution in [0.25, 0.3) is 0 Å². The molecule has 2 atom stereocenters. The van der Waals surface area contributed by atoms with E-state index >= 15 is 0 Å². The number of benzene rings is 1. The quantitative estimate of drug-likeness (QED) is 0.889. The zero-order chi connectivity index (χ0) is 18.1. The number of amides is 2. The monoisotopic (exact) mass is 332 g/mol. The van der Waals surface area contributed by atoms with Crippen molar-refractivity contribution < 1.29 is 14.7 Å². The molecule has 1 saturated heterocycles. The minimum absolute atomic E-state index is 0.136. The molecule has 2 unspecified atom stereocenters. The third-order valence-corrected chi connectivity index (χ3v) is 4.91. The Morgan fingerprint density at radius 1 is 1.29 bits per heavy atom. The summed E-state index contributed by atoms with van der Waals surface area (Å²) in [7, 11) is 0. The summed E-state index contributed by atoms with van der Waals surface area (Å²) in [5, 5.41) is 12.5. The molecule has 1 aliphatic heterocycles. The number of nitrogens with zero attached hydrogens (tertiary/aromatic N) is 1. The van der Waals surface area contributed by atoms with Crippen LogP contribution < -0.4 is 5.32 Å².